The van der Waals surface area contributed by atoms with Gasteiger partial charge in [-0.15, -0.1) is 0 Å². The van der Waals surface area contributed by atoms with Crippen LogP contribution in [0.25, 0.3) is 10.8 Å². The van der Waals surface area contributed by atoms with Crippen molar-refractivity contribution in [3.8, 4) is 11.5 Å². The quantitative estimate of drug-likeness (QED) is 0.360. The van der Waals surface area contributed by atoms with Gasteiger partial charge in [-0.25, -0.2) is 0 Å². The van der Waals surface area contributed by atoms with Crippen molar-refractivity contribution in [1.29, 1.82) is 0 Å². The Morgan fingerprint density at radius 2 is 1.37 bits per heavy atom. The molecule has 0 spiro atoms. The highest BCUT2D eigenvalue weighted by molar-refractivity contribution is 7.99. The highest BCUT2D eigenvalue weighted by Crippen LogP contribution is 2.36. The van der Waals surface area contributed by atoms with Gasteiger partial charge in [0.25, 0.3) is 0 Å². The monoisotopic (exact) mass is 372 g/mol. The van der Waals surface area contributed by atoms with Crippen molar-refractivity contribution >= 4 is 28.3 Å². The number of fused-ring (bicyclic) bond motifs is 1. The first-order chi connectivity index (χ1) is 13.1. The summed E-state index contributed by atoms with van der Waals surface area (Å²) in [5.74, 6) is -0.298. The summed E-state index contributed by atoms with van der Waals surface area (Å²) in [5.41, 5.74) is 1.31. The summed E-state index contributed by atoms with van der Waals surface area (Å²) in [6.45, 7) is 0. The van der Waals surface area contributed by atoms with E-state index < -0.39 is 0 Å². The minimum Gasteiger partial charge on any atom is -0.504 e. The van der Waals surface area contributed by atoms with E-state index in [0.717, 1.165) is 20.6 Å². The van der Waals surface area contributed by atoms with Crippen LogP contribution in [0, 0.1) is 0 Å². The lowest BCUT2D eigenvalue weighted by atomic mass is 10.0. The predicted octanol–water partition coefficient (Wildman–Crippen LogP) is 5.63. The van der Waals surface area contributed by atoms with Crippen LogP contribution >= 0.6 is 11.8 Å². The smallest absolute Gasteiger partial charge is 0.194 e. The zero-order valence-corrected chi connectivity index (χ0v) is 15.1. The highest BCUT2D eigenvalue weighted by Gasteiger charge is 2.14. The summed E-state index contributed by atoms with van der Waals surface area (Å²) in [4.78, 5) is 14.7. The molecule has 0 aliphatic heterocycles. The van der Waals surface area contributed by atoms with Gasteiger partial charge in [0.1, 0.15) is 0 Å². The fourth-order valence-corrected chi connectivity index (χ4v) is 3.92. The van der Waals surface area contributed by atoms with Crippen LogP contribution in [0.2, 0.25) is 0 Å². The van der Waals surface area contributed by atoms with Gasteiger partial charge in [-0.1, -0.05) is 60.3 Å². The van der Waals surface area contributed by atoms with E-state index >= 15 is 0 Å². The molecule has 3 nitrogen and oxygen atoms in total. The molecule has 132 valence electrons. The molecule has 4 aromatic rings. The maximum Gasteiger partial charge on any atom is 0.194 e. The molecule has 0 aliphatic rings. The zero-order chi connectivity index (χ0) is 18.8. The van der Waals surface area contributed by atoms with Crippen molar-refractivity contribution in [2.45, 2.75) is 9.79 Å². The topological polar surface area (TPSA) is 57.5 Å². The summed E-state index contributed by atoms with van der Waals surface area (Å²) in [7, 11) is 0. The van der Waals surface area contributed by atoms with Crippen LogP contribution in [-0.2, 0) is 0 Å². The number of ketones is 1. The molecule has 0 heterocycles. The van der Waals surface area contributed by atoms with Crippen LogP contribution < -0.4 is 0 Å². The lowest BCUT2D eigenvalue weighted by Crippen LogP contribution is -2.02. The molecular weight excluding hydrogens is 356 g/mol. The normalized spacial score (nSPS) is 10.8. The Labute approximate surface area is 160 Å². The lowest BCUT2D eigenvalue weighted by molar-refractivity contribution is 0.103. The fraction of sp³-hybridized carbons (Fsp3) is 0. The van der Waals surface area contributed by atoms with Crippen LogP contribution in [-0.4, -0.2) is 16.0 Å². The van der Waals surface area contributed by atoms with Gasteiger partial charge in [0.15, 0.2) is 17.3 Å². The van der Waals surface area contributed by atoms with Gasteiger partial charge in [0.05, 0.1) is 0 Å². The van der Waals surface area contributed by atoms with Crippen LogP contribution in [0.3, 0.4) is 0 Å². The highest BCUT2D eigenvalue weighted by atomic mass is 32.2. The first kappa shape index (κ1) is 17.2. The number of carbonyl (C=O) groups is 1. The third-order valence-electron chi connectivity index (χ3n) is 4.30. The van der Waals surface area contributed by atoms with Crippen molar-refractivity contribution in [2.75, 3.05) is 0 Å². The molecule has 2 N–H and O–H groups in total. The molecule has 0 amide bonds. The number of hydrogen-bond donors (Lipinski definition) is 2. The standard InChI is InChI=1S/C23H16O3S/c24-20-13-16-10-11-18(12-17(16)14-21(20)25)27-22-9-5-4-8-19(22)23(26)15-6-2-1-3-7-15/h1-14,24-25H. The number of benzene rings is 4. The maximum atomic E-state index is 12.9. The van der Waals surface area contributed by atoms with Crippen LogP contribution in [0.15, 0.2) is 94.7 Å². The van der Waals surface area contributed by atoms with Crippen molar-refractivity contribution in [3.63, 3.8) is 0 Å². The predicted molar refractivity (Wildman–Crippen MR) is 108 cm³/mol. The van der Waals surface area contributed by atoms with E-state index in [4.69, 9.17) is 0 Å². The molecule has 0 unspecified atom stereocenters. The first-order valence-electron chi connectivity index (χ1n) is 8.44. The second kappa shape index (κ2) is 7.17. The third kappa shape index (κ3) is 3.52. The Hall–Kier alpha value is -3.24. The van der Waals surface area contributed by atoms with E-state index in [1.54, 1.807) is 0 Å². The average Bonchev–Trinajstić information content (AvgIpc) is 2.70. The Morgan fingerprint density at radius 1 is 0.704 bits per heavy atom. The van der Waals surface area contributed by atoms with Crippen molar-refractivity contribution in [2.24, 2.45) is 0 Å². The molecule has 0 aliphatic carbocycles. The number of hydrogen-bond acceptors (Lipinski definition) is 4. The molecule has 0 saturated heterocycles. The number of rotatable bonds is 4. The first-order valence-corrected chi connectivity index (χ1v) is 9.26. The number of carbonyl (C=O) groups excluding carboxylic acids is 1. The second-order valence-corrected chi connectivity index (χ2v) is 7.26. The summed E-state index contributed by atoms with van der Waals surface area (Å²) in [6.07, 6.45) is 0. The molecule has 4 aromatic carbocycles. The molecule has 0 bridgehead atoms. The van der Waals surface area contributed by atoms with Gasteiger partial charge >= 0.3 is 0 Å². The van der Waals surface area contributed by atoms with E-state index in [9.17, 15) is 15.0 Å². The number of aromatic hydroxyl groups is 2. The minimum atomic E-state index is -0.149. The van der Waals surface area contributed by atoms with Crippen LogP contribution in [0.4, 0.5) is 0 Å². The van der Waals surface area contributed by atoms with E-state index in [-0.39, 0.29) is 17.3 Å². The van der Waals surface area contributed by atoms with Gasteiger partial charge in [-0.2, -0.15) is 0 Å². The number of phenols is 2. The van der Waals surface area contributed by atoms with Gasteiger partial charge in [0, 0.05) is 20.9 Å². The number of phenolic OH excluding ortho intramolecular Hbond substituents is 2. The SMILES string of the molecule is O=C(c1ccccc1)c1ccccc1Sc1ccc2cc(O)c(O)cc2c1. The molecule has 0 atom stereocenters. The molecule has 4 heteroatoms. The molecule has 0 radical (unpaired) electrons. The van der Waals surface area contributed by atoms with Crippen LogP contribution in [0.1, 0.15) is 15.9 Å². The van der Waals surface area contributed by atoms with Gasteiger partial charge in [-0.3, -0.25) is 4.79 Å². The van der Waals surface area contributed by atoms with Crippen molar-refractivity contribution in [3.05, 3.63) is 96.1 Å². The molecular formula is C23H16O3S. The van der Waals surface area contributed by atoms with Crippen molar-refractivity contribution < 1.29 is 15.0 Å². The molecule has 0 saturated carbocycles. The molecule has 0 aromatic heterocycles. The Bertz CT molecular complexity index is 1140. The van der Waals surface area contributed by atoms with E-state index in [1.807, 2.05) is 72.8 Å². The van der Waals surface area contributed by atoms with E-state index in [1.165, 1.54) is 23.9 Å². The third-order valence-corrected chi connectivity index (χ3v) is 5.37. The second-order valence-electron chi connectivity index (χ2n) is 6.14. The fourth-order valence-electron chi connectivity index (χ4n) is 2.93. The van der Waals surface area contributed by atoms with Gasteiger partial charge in [0.2, 0.25) is 0 Å². The van der Waals surface area contributed by atoms with Crippen molar-refractivity contribution in [1.82, 2.24) is 0 Å². The zero-order valence-electron chi connectivity index (χ0n) is 14.3. The van der Waals surface area contributed by atoms with Crippen LogP contribution in [0.5, 0.6) is 11.5 Å². The lowest BCUT2D eigenvalue weighted by Gasteiger charge is -2.10. The van der Waals surface area contributed by atoms with Gasteiger partial charge in [-0.05, 0) is 47.2 Å². The Kier molecular flexibility index (Phi) is 4.57. The Balaban J connectivity index is 1.70. The largest absolute Gasteiger partial charge is 0.504 e. The van der Waals surface area contributed by atoms with Gasteiger partial charge < -0.3 is 10.2 Å². The minimum absolute atomic E-state index is 0.0120. The Morgan fingerprint density at radius 3 is 2.15 bits per heavy atom. The molecule has 0 fully saturated rings. The molecule has 27 heavy (non-hydrogen) atoms. The summed E-state index contributed by atoms with van der Waals surface area (Å²) in [6, 6.07) is 25.6. The summed E-state index contributed by atoms with van der Waals surface area (Å²) < 4.78 is 0. The summed E-state index contributed by atoms with van der Waals surface area (Å²) in [5, 5.41) is 21.0. The maximum absolute atomic E-state index is 12.9. The molecule has 4 rings (SSSR count). The summed E-state index contributed by atoms with van der Waals surface area (Å²) >= 11 is 1.50. The van der Waals surface area contributed by atoms with E-state index in [0.29, 0.717) is 11.1 Å². The average molecular weight is 372 g/mol. The van der Waals surface area contributed by atoms with E-state index in [2.05, 4.69) is 0 Å².